The lowest BCUT2D eigenvalue weighted by Crippen LogP contribution is -2.29. The molecule has 3 aromatic heterocycles. The standard InChI is InChI=1S/C57H31N3S3/c58-30-33-15-3-1-2-4-22-40(35-17-6-5-16-34(33)35)50-27-45-55(61-50)46-28-51(53-41-23-11-7-18-36(41)48(31-59)37-19-8-12-24-42(37)53)63-57(46)47-29-52(62-56(45)47)54-43-25-13-9-20-38(43)49(32-60)39-21-10-14-26-44(39)54/h1-14,16-21,23-29H,15,22H2/b3-1-,4-2-,34-33+,40-35+. The van der Waals surface area contributed by atoms with Gasteiger partial charge >= 0.3 is 0 Å². The van der Waals surface area contributed by atoms with Crippen LogP contribution in [0.15, 0.2) is 164 Å². The third kappa shape index (κ3) is 5.66. The summed E-state index contributed by atoms with van der Waals surface area (Å²) in [5, 5.41) is 45.1. The van der Waals surface area contributed by atoms with Gasteiger partial charge in [0, 0.05) is 89.6 Å². The molecule has 292 valence electrons. The van der Waals surface area contributed by atoms with E-state index in [9.17, 15) is 15.8 Å². The Labute approximate surface area is 374 Å². The maximum atomic E-state index is 10.5. The summed E-state index contributed by atoms with van der Waals surface area (Å²) in [6, 6.07) is 56.5. The smallest absolute Gasteiger partial charge is 0.100 e. The molecule has 0 bridgehead atoms. The summed E-state index contributed by atoms with van der Waals surface area (Å²) in [6.07, 6.45) is 9.73. The van der Waals surface area contributed by atoms with Crippen molar-refractivity contribution in [2.45, 2.75) is 12.8 Å². The largest absolute Gasteiger partial charge is 0.193 e. The van der Waals surface area contributed by atoms with Crippen LogP contribution in [0.1, 0.15) is 28.8 Å². The Hall–Kier alpha value is -7.63. The third-order valence-corrected chi connectivity index (χ3v) is 16.1. The first-order chi connectivity index (χ1) is 31.1. The van der Waals surface area contributed by atoms with Crippen LogP contribution < -0.4 is 10.4 Å². The van der Waals surface area contributed by atoms with E-state index in [4.69, 9.17) is 0 Å². The molecule has 6 heteroatoms. The van der Waals surface area contributed by atoms with Gasteiger partial charge in [0.1, 0.15) is 12.1 Å². The molecule has 0 amide bonds. The predicted molar refractivity (Wildman–Crippen MR) is 268 cm³/mol. The van der Waals surface area contributed by atoms with Crippen molar-refractivity contribution in [3.05, 3.63) is 190 Å². The molecule has 0 spiro atoms. The fourth-order valence-corrected chi connectivity index (χ4v) is 13.8. The summed E-state index contributed by atoms with van der Waals surface area (Å²) >= 11 is 5.50. The Bertz CT molecular complexity index is 3810. The zero-order valence-corrected chi connectivity index (χ0v) is 36.0. The van der Waals surface area contributed by atoms with Crippen LogP contribution in [0.3, 0.4) is 0 Å². The number of benzene rings is 8. The average Bonchev–Trinajstić information content (AvgIpc) is 4.09. The Morgan fingerprint density at radius 2 is 0.730 bits per heavy atom. The van der Waals surface area contributed by atoms with E-state index < -0.39 is 0 Å². The Morgan fingerprint density at radius 1 is 0.365 bits per heavy atom. The fourth-order valence-electron chi connectivity index (χ4n) is 9.80. The Morgan fingerprint density at radius 3 is 1.16 bits per heavy atom. The predicted octanol–water partition coefficient (Wildman–Crippen LogP) is 14.8. The Kier molecular flexibility index (Phi) is 8.72. The van der Waals surface area contributed by atoms with E-state index in [1.54, 1.807) is 0 Å². The lowest BCUT2D eigenvalue weighted by molar-refractivity contribution is 1.30. The summed E-state index contributed by atoms with van der Waals surface area (Å²) in [7, 11) is 0. The molecule has 0 unspecified atom stereocenters. The highest BCUT2D eigenvalue weighted by atomic mass is 32.1. The molecule has 0 N–H and O–H groups in total. The second kappa shape index (κ2) is 14.8. The maximum Gasteiger partial charge on any atom is 0.100 e. The van der Waals surface area contributed by atoms with Crippen molar-refractivity contribution in [3.8, 4) is 39.1 Å². The van der Waals surface area contributed by atoms with E-state index in [-0.39, 0.29) is 0 Å². The van der Waals surface area contributed by atoms with Gasteiger partial charge in [-0.1, -0.05) is 146 Å². The molecule has 1 aliphatic rings. The zero-order chi connectivity index (χ0) is 42.2. The van der Waals surface area contributed by atoms with Crippen LogP contribution in [-0.2, 0) is 0 Å². The first-order valence-corrected chi connectivity index (χ1v) is 23.2. The molecule has 12 rings (SSSR count). The monoisotopic (exact) mass is 853 g/mol. The van der Waals surface area contributed by atoms with Gasteiger partial charge in [0.2, 0.25) is 0 Å². The second-order valence-electron chi connectivity index (χ2n) is 15.8. The highest BCUT2D eigenvalue weighted by Gasteiger charge is 2.24. The van der Waals surface area contributed by atoms with Crippen molar-refractivity contribution in [1.82, 2.24) is 0 Å². The highest BCUT2D eigenvalue weighted by Crippen LogP contribution is 2.53. The van der Waals surface area contributed by atoms with Gasteiger partial charge in [0.05, 0.1) is 17.2 Å². The van der Waals surface area contributed by atoms with Gasteiger partial charge in [0.25, 0.3) is 0 Å². The van der Waals surface area contributed by atoms with E-state index in [1.165, 1.54) is 40.7 Å². The Balaban J connectivity index is 1.23. The summed E-state index contributed by atoms with van der Waals surface area (Å²) in [5.41, 5.74) is 5.65. The molecule has 0 atom stereocenters. The van der Waals surface area contributed by atoms with E-state index in [1.807, 2.05) is 70.4 Å². The quantitative estimate of drug-likeness (QED) is 0.166. The second-order valence-corrected chi connectivity index (χ2v) is 19.0. The molecule has 0 fully saturated rings. The number of rotatable bonds is 3. The molecule has 1 aliphatic carbocycles. The number of nitriles is 3. The van der Waals surface area contributed by atoms with Crippen LogP contribution in [0.2, 0.25) is 0 Å². The normalized spacial score (nSPS) is 15.8. The van der Waals surface area contributed by atoms with Gasteiger partial charge in [-0.3, -0.25) is 0 Å². The number of fused-ring (bicyclic) bond motifs is 11. The van der Waals surface area contributed by atoms with E-state index in [2.05, 4.69) is 146 Å². The van der Waals surface area contributed by atoms with Crippen molar-refractivity contribution in [2.75, 3.05) is 0 Å². The van der Waals surface area contributed by atoms with Crippen LogP contribution in [0, 0.1) is 34.0 Å². The number of hydrogen-bond donors (Lipinski definition) is 0. The molecule has 8 aromatic carbocycles. The molecule has 11 aromatic rings. The van der Waals surface area contributed by atoms with Crippen LogP contribution in [0.25, 0.3) is 105 Å². The molecular formula is C57H31N3S3. The lowest BCUT2D eigenvalue weighted by Gasteiger charge is -2.12. The van der Waals surface area contributed by atoms with Crippen LogP contribution >= 0.6 is 34.0 Å². The van der Waals surface area contributed by atoms with Crippen molar-refractivity contribution in [2.24, 2.45) is 0 Å². The van der Waals surface area contributed by atoms with Crippen molar-refractivity contribution < 1.29 is 0 Å². The van der Waals surface area contributed by atoms with Gasteiger partial charge in [-0.15, -0.1) is 34.0 Å². The van der Waals surface area contributed by atoms with Gasteiger partial charge in [-0.2, -0.15) is 15.8 Å². The average molecular weight is 854 g/mol. The van der Waals surface area contributed by atoms with Crippen molar-refractivity contribution in [3.63, 3.8) is 0 Å². The molecule has 0 radical (unpaired) electrons. The zero-order valence-electron chi connectivity index (χ0n) is 33.6. The molecule has 63 heavy (non-hydrogen) atoms. The first-order valence-electron chi connectivity index (χ1n) is 20.8. The molecule has 0 saturated carbocycles. The van der Waals surface area contributed by atoms with E-state index in [0.29, 0.717) is 17.5 Å². The number of thiophene rings is 3. The van der Waals surface area contributed by atoms with Crippen LogP contribution in [0.5, 0.6) is 0 Å². The van der Waals surface area contributed by atoms with Crippen LogP contribution in [0.4, 0.5) is 0 Å². The summed E-state index contributed by atoms with van der Waals surface area (Å²) in [6.45, 7) is 0. The SMILES string of the molecule is N#C/C1=c2\cccc\c2=C(/c2cc3c(s2)c2cc(-c4c5ccccc5c(C#N)c5ccccc45)sc2c2cc(-c4c5ccccc5c(C#N)c5ccccc45)sc32)C/C=C\C=C/C1. The van der Waals surface area contributed by atoms with E-state index >= 15 is 0 Å². The minimum Gasteiger partial charge on any atom is -0.193 e. The minimum atomic E-state index is 0.575. The number of allylic oxidation sites excluding steroid dienone is 4. The van der Waals surface area contributed by atoms with Crippen molar-refractivity contribution >= 4 is 119 Å². The first kappa shape index (κ1) is 37.2. The summed E-state index contributed by atoms with van der Waals surface area (Å²) in [5.74, 6) is 0. The molecule has 3 heterocycles. The van der Waals surface area contributed by atoms with Gasteiger partial charge in [0.15, 0.2) is 0 Å². The van der Waals surface area contributed by atoms with Crippen LogP contribution in [-0.4, -0.2) is 0 Å². The van der Waals surface area contributed by atoms with Gasteiger partial charge in [-0.25, -0.2) is 0 Å². The molecular weight excluding hydrogens is 823 g/mol. The lowest BCUT2D eigenvalue weighted by atomic mass is 9.91. The fraction of sp³-hybridized carbons (Fsp3) is 0.0351. The maximum absolute atomic E-state index is 10.5. The molecule has 0 saturated heterocycles. The highest BCUT2D eigenvalue weighted by molar-refractivity contribution is 7.29. The number of nitrogens with zero attached hydrogens (tertiary/aromatic N) is 3. The van der Waals surface area contributed by atoms with E-state index in [0.717, 1.165) is 86.4 Å². The number of hydrogen-bond acceptors (Lipinski definition) is 6. The topological polar surface area (TPSA) is 71.4 Å². The third-order valence-electron chi connectivity index (χ3n) is 12.5. The summed E-state index contributed by atoms with van der Waals surface area (Å²) in [4.78, 5) is 3.50. The van der Waals surface area contributed by atoms with Gasteiger partial charge < -0.3 is 0 Å². The molecule has 3 nitrogen and oxygen atoms in total. The van der Waals surface area contributed by atoms with Gasteiger partial charge in [-0.05, 0) is 62.2 Å². The van der Waals surface area contributed by atoms with Crippen molar-refractivity contribution in [1.29, 1.82) is 15.8 Å². The molecule has 0 aliphatic heterocycles. The minimum absolute atomic E-state index is 0.575. The summed E-state index contributed by atoms with van der Waals surface area (Å²) < 4.78 is 3.69.